The first-order valence-electron chi connectivity index (χ1n) is 12.0. The van der Waals surface area contributed by atoms with E-state index in [9.17, 15) is 19.5 Å². The predicted octanol–water partition coefficient (Wildman–Crippen LogP) is 2.33. The van der Waals surface area contributed by atoms with Crippen LogP contribution in [0.25, 0.3) is 0 Å². The molecule has 0 aliphatic heterocycles. The lowest BCUT2D eigenvalue weighted by Gasteiger charge is -2.36. The molecule has 190 valence electrons. The van der Waals surface area contributed by atoms with E-state index in [1.807, 2.05) is 58.0 Å². The Bertz CT molecular complexity index is 978. The van der Waals surface area contributed by atoms with Crippen molar-refractivity contribution < 1.29 is 19.5 Å². The van der Waals surface area contributed by atoms with Crippen LogP contribution in [-0.2, 0) is 27.3 Å². The minimum Gasteiger partial charge on any atom is -0.508 e. The van der Waals surface area contributed by atoms with Gasteiger partial charge in [-0.2, -0.15) is 0 Å². The molecule has 4 atom stereocenters. The van der Waals surface area contributed by atoms with Crippen LogP contribution < -0.4 is 16.8 Å². The van der Waals surface area contributed by atoms with Crippen LogP contribution in [0.2, 0.25) is 0 Å². The number of amides is 3. The third kappa shape index (κ3) is 7.82. The average molecular weight is 483 g/mol. The average Bonchev–Trinajstić information content (AvgIpc) is 2.83. The highest BCUT2D eigenvalue weighted by atomic mass is 16.3. The molecule has 8 heteroatoms. The molecule has 0 bridgehead atoms. The van der Waals surface area contributed by atoms with Crippen LogP contribution in [-0.4, -0.2) is 45.9 Å². The third-order valence-corrected chi connectivity index (χ3v) is 6.30. The van der Waals surface area contributed by atoms with Crippen molar-refractivity contribution in [2.24, 2.45) is 23.3 Å². The highest BCUT2D eigenvalue weighted by molar-refractivity contribution is 5.93. The van der Waals surface area contributed by atoms with Gasteiger partial charge in [-0.3, -0.25) is 14.4 Å². The van der Waals surface area contributed by atoms with Crippen LogP contribution in [0, 0.1) is 11.8 Å². The summed E-state index contributed by atoms with van der Waals surface area (Å²) in [5.74, 6) is -1.69. The van der Waals surface area contributed by atoms with Crippen LogP contribution in [0.3, 0.4) is 0 Å². The maximum absolute atomic E-state index is 14.0. The summed E-state index contributed by atoms with van der Waals surface area (Å²) in [6, 6.07) is 13.1. The zero-order valence-electron chi connectivity index (χ0n) is 21.0. The van der Waals surface area contributed by atoms with Gasteiger partial charge >= 0.3 is 0 Å². The molecule has 0 spiro atoms. The molecule has 4 unspecified atom stereocenters. The maximum Gasteiger partial charge on any atom is 0.246 e. The number of carbonyl (C=O) groups is 3. The first kappa shape index (κ1) is 27.9. The number of nitrogens with two attached hydrogens (primary N) is 2. The molecular weight excluding hydrogens is 444 g/mol. The van der Waals surface area contributed by atoms with Crippen molar-refractivity contribution in [1.82, 2.24) is 10.2 Å². The van der Waals surface area contributed by atoms with Gasteiger partial charge < -0.3 is 26.8 Å². The Kier molecular flexibility index (Phi) is 10.3. The standard InChI is InChI=1S/C27H38N4O4/c1-5-18(4)24(25(29)33)31(16-20-9-7-6-8-10-20)27(35)22(30-26(34)23(28)17(2)3)15-19-11-13-21(32)14-12-19/h6-14,17-18,22-24,32H,5,15-16,28H2,1-4H3,(H2,29,33)(H,30,34). The minimum absolute atomic E-state index is 0.0961. The van der Waals surface area contributed by atoms with Gasteiger partial charge in [0.2, 0.25) is 17.7 Å². The number of primary amides is 1. The Morgan fingerprint density at radius 1 is 0.971 bits per heavy atom. The molecule has 0 aromatic heterocycles. The van der Waals surface area contributed by atoms with Crippen LogP contribution >= 0.6 is 0 Å². The molecule has 35 heavy (non-hydrogen) atoms. The molecule has 8 nitrogen and oxygen atoms in total. The number of phenolic OH excluding ortho intramolecular Hbond substituents is 1. The Labute approximate surface area is 207 Å². The van der Waals surface area contributed by atoms with Crippen molar-refractivity contribution in [2.75, 3.05) is 0 Å². The predicted molar refractivity (Wildman–Crippen MR) is 136 cm³/mol. The van der Waals surface area contributed by atoms with Crippen LogP contribution in [0.4, 0.5) is 0 Å². The van der Waals surface area contributed by atoms with Crippen molar-refractivity contribution in [1.29, 1.82) is 0 Å². The van der Waals surface area contributed by atoms with Gasteiger partial charge in [-0.05, 0) is 35.1 Å². The molecule has 2 rings (SSSR count). The second-order valence-corrected chi connectivity index (χ2v) is 9.39. The molecule has 0 fully saturated rings. The third-order valence-electron chi connectivity index (χ3n) is 6.30. The van der Waals surface area contributed by atoms with E-state index in [2.05, 4.69) is 5.32 Å². The number of rotatable bonds is 12. The lowest BCUT2D eigenvalue weighted by Crippen LogP contribution is -2.59. The Morgan fingerprint density at radius 3 is 2.09 bits per heavy atom. The second kappa shape index (κ2) is 12.9. The van der Waals surface area contributed by atoms with Gasteiger partial charge in [0.05, 0.1) is 6.04 Å². The number of carbonyl (C=O) groups excluding carboxylic acids is 3. The number of hydrogen-bond acceptors (Lipinski definition) is 5. The first-order chi connectivity index (χ1) is 16.5. The number of aromatic hydroxyl groups is 1. The normalized spacial score (nSPS) is 14.6. The van der Waals surface area contributed by atoms with E-state index in [0.717, 1.165) is 11.1 Å². The van der Waals surface area contributed by atoms with Gasteiger partial charge in [-0.15, -0.1) is 0 Å². The van der Waals surface area contributed by atoms with E-state index >= 15 is 0 Å². The molecule has 0 aliphatic rings. The number of nitrogens with one attached hydrogen (secondary N) is 1. The molecule has 3 amide bonds. The van der Waals surface area contributed by atoms with Gasteiger partial charge in [0.1, 0.15) is 17.8 Å². The smallest absolute Gasteiger partial charge is 0.246 e. The van der Waals surface area contributed by atoms with Crippen LogP contribution in [0.15, 0.2) is 54.6 Å². The van der Waals surface area contributed by atoms with Gasteiger partial charge in [0.15, 0.2) is 0 Å². The highest BCUT2D eigenvalue weighted by Gasteiger charge is 2.37. The molecule has 0 saturated carbocycles. The van der Waals surface area contributed by atoms with Gasteiger partial charge in [0, 0.05) is 13.0 Å². The number of benzene rings is 2. The van der Waals surface area contributed by atoms with E-state index in [0.29, 0.717) is 6.42 Å². The van der Waals surface area contributed by atoms with Gasteiger partial charge in [0.25, 0.3) is 0 Å². The van der Waals surface area contributed by atoms with E-state index in [1.54, 1.807) is 12.1 Å². The van der Waals surface area contributed by atoms with Crippen LogP contribution in [0.5, 0.6) is 5.75 Å². The summed E-state index contributed by atoms with van der Waals surface area (Å²) < 4.78 is 0. The van der Waals surface area contributed by atoms with Crippen LogP contribution in [0.1, 0.15) is 45.2 Å². The summed E-state index contributed by atoms with van der Waals surface area (Å²) in [5, 5.41) is 12.4. The fraction of sp³-hybridized carbons (Fsp3) is 0.444. The number of phenols is 1. The fourth-order valence-corrected chi connectivity index (χ4v) is 3.90. The summed E-state index contributed by atoms with van der Waals surface area (Å²) in [5.41, 5.74) is 13.4. The van der Waals surface area contributed by atoms with Crippen molar-refractivity contribution in [3.05, 3.63) is 65.7 Å². The number of hydrogen-bond donors (Lipinski definition) is 4. The molecule has 2 aromatic rings. The largest absolute Gasteiger partial charge is 0.508 e. The Morgan fingerprint density at radius 2 is 1.57 bits per heavy atom. The summed E-state index contributed by atoms with van der Waals surface area (Å²) in [7, 11) is 0. The van der Waals surface area contributed by atoms with E-state index in [4.69, 9.17) is 11.5 Å². The summed E-state index contributed by atoms with van der Waals surface area (Å²) >= 11 is 0. The summed E-state index contributed by atoms with van der Waals surface area (Å²) in [6.07, 6.45) is 0.798. The van der Waals surface area contributed by atoms with Gasteiger partial charge in [-0.25, -0.2) is 0 Å². The molecule has 0 aliphatic carbocycles. The fourth-order valence-electron chi connectivity index (χ4n) is 3.90. The summed E-state index contributed by atoms with van der Waals surface area (Å²) in [6.45, 7) is 7.63. The molecule has 2 aromatic carbocycles. The monoisotopic (exact) mass is 482 g/mol. The highest BCUT2D eigenvalue weighted by Crippen LogP contribution is 2.21. The lowest BCUT2D eigenvalue weighted by molar-refractivity contribution is -0.145. The molecule has 0 saturated heterocycles. The molecule has 0 heterocycles. The second-order valence-electron chi connectivity index (χ2n) is 9.39. The van der Waals surface area contributed by atoms with E-state index in [1.165, 1.54) is 17.0 Å². The minimum atomic E-state index is -0.980. The van der Waals surface area contributed by atoms with Gasteiger partial charge in [-0.1, -0.05) is 76.6 Å². The van der Waals surface area contributed by atoms with E-state index < -0.39 is 35.8 Å². The Balaban J connectivity index is 2.48. The van der Waals surface area contributed by atoms with Crippen molar-refractivity contribution >= 4 is 17.7 Å². The maximum atomic E-state index is 14.0. The quantitative estimate of drug-likeness (QED) is 0.368. The molecule has 0 radical (unpaired) electrons. The van der Waals surface area contributed by atoms with Crippen molar-refractivity contribution in [3.8, 4) is 5.75 Å². The molecule has 6 N–H and O–H groups in total. The van der Waals surface area contributed by atoms with Crippen molar-refractivity contribution in [2.45, 2.75) is 65.2 Å². The van der Waals surface area contributed by atoms with E-state index in [-0.39, 0.29) is 30.6 Å². The topological polar surface area (TPSA) is 139 Å². The zero-order valence-corrected chi connectivity index (χ0v) is 21.0. The van der Waals surface area contributed by atoms with Crippen molar-refractivity contribution in [3.63, 3.8) is 0 Å². The zero-order chi connectivity index (χ0) is 26.1. The molecular formula is C27H38N4O4. The SMILES string of the molecule is CCC(C)C(C(N)=O)N(Cc1ccccc1)C(=O)C(Cc1ccc(O)cc1)NC(=O)C(N)C(C)C. The Hall–Kier alpha value is -3.39. The summed E-state index contributed by atoms with van der Waals surface area (Å²) in [4.78, 5) is 40.9. The number of nitrogens with zero attached hydrogens (tertiary/aromatic N) is 1. The first-order valence-corrected chi connectivity index (χ1v) is 12.0. The lowest BCUT2D eigenvalue weighted by atomic mass is 9.94.